The highest BCUT2D eigenvalue weighted by atomic mass is 79.9. The Morgan fingerprint density at radius 3 is 2.83 bits per heavy atom. The van der Waals surface area contributed by atoms with Gasteiger partial charge in [0, 0.05) is 48.0 Å². The van der Waals surface area contributed by atoms with E-state index in [0.29, 0.717) is 12.5 Å². The minimum absolute atomic E-state index is 0.468. The molecule has 0 aromatic carbocycles. The average molecular weight is 483 g/mol. The van der Waals surface area contributed by atoms with Gasteiger partial charge < -0.3 is 5.32 Å². The van der Waals surface area contributed by atoms with Crippen molar-refractivity contribution in [3.63, 3.8) is 0 Å². The van der Waals surface area contributed by atoms with E-state index in [1.54, 1.807) is 6.20 Å². The molecule has 8 heteroatoms. The summed E-state index contributed by atoms with van der Waals surface area (Å²) in [6.45, 7) is 3.97. The number of hydrogen-bond donors (Lipinski definition) is 1. The summed E-state index contributed by atoms with van der Waals surface area (Å²) in [5.41, 5.74) is 3.15. The van der Waals surface area contributed by atoms with E-state index in [1.807, 2.05) is 34.3 Å². The van der Waals surface area contributed by atoms with Crippen LogP contribution in [0.4, 0.5) is 5.82 Å². The van der Waals surface area contributed by atoms with Crippen molar-refractivity contribution in [3.8, 4) is 0 Å². The van der Waals surface area contributed by atoms with Gasteiger partial charge in [0.2, 0.25) is 0 Å². The summed E-state index contributed by atoms with van der Waals surface area (Å²) in [5, 5.41) is 10.2. The molecule has 5 heterocycles. The number of thiophene rings is 1. The van der Waals surface area contributed by atoms with Crippen molar-refractivity contribution in [2.75, 3.05) is 18.4 Å². The number of nitrogens with zero attached hydrogens (tertiary/aromatic N) is 5. The fourth-order valence-corrected chi connectivity index (χ4v) is 5.09. The van der Waals surface area contributed by atoms with Crippen LogP contribution in [-0.4, -0.2) is 37.6 Å². The molecule has 0 aliphatic carbocycles. The van der Waals surface area contributed by atoms with Gasteiger partial charge in [0.15, 0.2) is 5.65 Å². The predicted octanol–water partition coefficient (Wildman–Crippen LogP) is 4.94. The molecule has 0 unspecified atom stereocenters. The Bertz CT molecular complexity index is 1100. The summed E-state index contributed by atoms with van der Waals surface area (Å²) >= 11 is 5.45. The van der Waals surface area contributed by atoms with Crippen LogP contribution in [0.2, 0.25) is 0 Å². The van der Waals surface area contributed by atoms with Crippen LogP contribution in [-0.2, 0) is 13.1 Å². The van der Waals surface area contributed by atoms with E-state index in [-0.39, 0.29) is 0 Å². The molecule has 1 fully saturated rings. The molecule has 0 spiro atoms. The Kier molecular flexibility index (Phi) is 5.79. The molecule has 1 aliphatic heterocycles. The number of pyridine rings is 1. The second-order valence-electron chi connectivity index (χ2n) is 7.64. The molecule has 30 heavy (non-hydrogen) atoms. The average Bonchev–Trinajstić information content (AvgIpc) is 3.43. The van der Waals surface area contributed by atoms with E-state index in [1.165, 1.54) is 4.88 Å². The maximum Gasteiger partial charge on any atom is 0.171 e. The number of nitrogens with one attached hydrogen (secondary N) is 1. The van der Waals surface area contributed by atoms with Crippen molar-refractivity contribution in [2.24, 2.45) is 0 Å². The van der Waals surface area contributed by atoms with Crippen molar-refractivity contribution < 1.29 is 0 Å². The van der Waals surface area contributed by atoms with Crippen molar-refractivity contribution in [1.29, 1.82) is 0 Å². The highest BCUT2D eigenvalue weighted by Crippen LogP contribution is 2.31. The van der Waals surface area contributed by atoms with E-state index in [9.17, 15) is 0 Å². The first-order valence-electron chi connectivity index (χ1n) is 10.2. The summed E-state index contributed by atoms with van der Waals surface area (Å²) < 4.78 is 2.79. The molecule has 6 nitrogen and oxygen atoms in total. The fraction of sp³-hybridized carbons (Fsp3) is 0.318. The molecule has 1 saturated heterocycles. The molecule has 5 rings (SSSR count). The van der Waals surface area contributed by atoms with Crippen molar-refractivity contribution in [2.45, 2.75) is 31.8 Å². The van der Waals surface area contributed by atoms with Crippen molar-refractivity contribution in [1.82, 2.24) is 24.5 Å². The zero-order chi connectivity index (χ0) is 20.3. The van der Waals surface area contributed by atoms with Crippen LogP contribution < -0.4 is 5.32 Å². The summed E-state index contributed by atoms with van der Waals surface area (Å²) in [5.74, 6) is 1.43. The lowest BCUT2D eigenvalue weighted by molar-refractivity contribution is 0.205. The SMILES string of the molecule is Brc1cnn2c(NCc3cccnc3)cc(C3CCN(Cc4cccs4)CC3)nc12. The van der Waals surface area contributed by atoms with Gasteiger partial charge in [-0.3, -0.25) is 9.88 Å². The minimum atomic E-state index is 0.468. The summed E-state index contributed by atoms with van der Waals surface area (Å²) in [4.78, 5) is 13.2. The summed E-state index contributed by atoms with van der Waals surface area (Å²) in [6, 6.07) is 10.6. The summed E-state index contributed by atoms with van der Waals surface area (Å²) in [6.07, 6.45) is 7.74. The molecule has 4 aromatic rings. The topological polar surface area (TPSA) is 58.4 Å². The maximum absolute atomic E-state index is 4.96. The van der Waals surface area contributed by atoms with E-state index in [4.69, 9.17) is 4.98 Å². The van der Waals surface area contributed by atoms with Crippen LogP contribution in [0.5, 0.6) is 0 Å². The predicted molar refractivity (Wildman–Crippen MR) is 124 cm³/mol. The first-order chi connectivity index (χ1) is 14.8. The van der Waals surface area contributed by atoms with Crippen LogP contribution in [0.1, 0.15) is 34.9 Å². The van der Waals surface area contributed by atoms with Gasteiger partial charge >= 0.3 is 0 Å². The summed E-state index contributed by atoms with van der Waals surface area (Å²) in [7, 11) is 0. The second kappa shape index (κ2) is 8.83. The smallest absolute Gasteiger partial charge is 0.171 e. The van der Waals surface area contributed by atoms with Gasteiger partial charge in [-0.25, -0.2) is 4.98 Å². The Balaban J connectivity index is 1.33. The van der Waals surface area contributed by atoms with Gasteiger partial charge in [0.25, 0.3) is 0 Å². The molecular weight excluding hydrogens is 460 g/mol. The Hall–Kier alpha value is -2.29. The molecule has 0 radical (unpaired) electrons. The largest absolute Gasteiger partial charge is 0.366 e. The standard InChI is InChI=1S/C22H23BrN6S/c23-19-14-26-29-21(25-13-16-3-1-7-24-12-16)11-20(27-22(19)29)17-5-8-28(9-6-17)15-18-4-2-10-30-18/h1-4,7,10-12,14,17,25H,5-6,8-9,13,15H2. The fourth-order valence-electron chi connectivity index (χ4n) is 3.99. The maximum atomic E-state index is 4.96. The number of hydrogen-bond acceptors (Lipinski definition) is 6. The van der Waals surface area contributed by atoms with Crippen LogP contribution >= 0.6 is 27.3 Å². The number of rotatable bonds is 6. The lowest BCUT2D eigenvalue weighted by atomic mass is 9.93. The van der Waals surface area contributed by atoms with E-state index in [2.05, 4.69) is 65.9 Å². The van der Waals surface area contributed by atoms with Crippen LogP contribution in [0, 0.1) is 0 Å². The Labute approximate surface area is 188 Å². The van der Waals surface area contributed by atoms with Crippen LogP contribution in [0.3, 0.4) is 0 Å². The number of piperidine rings is 1. The number of anilines is 1. The van der Waals surface area contributed by atoms with Gasteiger partial charge in [-0.2, -0.15) is 9.61 Å². The zero-order valence-electron chi connectivity index (χ0n) is 16.5. The first kappa shape index (κ1) is 19.7. The Morgan fingerprint density at radius 1 is 1.17 bits per heavy atom. The zero-order valence-corrected chi connectivity index (χ0v) is 18.9. The van der Waals surface area contributed by atoms with Gasteiger partial charge in [-0.05, 0) is 64.9 Å². The van der Waals surface area contributed by atoms with Crippen molar-refractivity contribution in [3.05, 3.63) is 74.9 Å². The minimum Gasteiger partial charge on any atom is -0.366 e. The van der Waals surface area contributed by atoms with Crippen LogP contribution in [0.25, 0.3) is 5.65 Å². The van der Waals surface area contributed by atoms with Crippen LogP contribution in [0.15, 0.2) is 58.8 Å². The molecule has 0 bridgehead atoms. The monoisotopic (exact) mass is 482 g/mol. The highest BCUT2D eigenvalue weighted by molar-refractivity contribution is 9.10. The van der Waals surface area contributed by atoms with Gasteiger partial charge in [0.1, 0.15) is 5.82 Å². The quantitative estimate of drug-likeness (QED) is 0.421. The van der Waals surface area contributed by atoms with Gasteiger partial charge in [-0.1, -0.05) is 12.1 Å². The molecular formula is C22H23BrN6S. The molecule has 0 atom stereocenters. The number of likely N-dealkylation sites (tertiary alicyclic amines) is 1. The third-order valence-electron chi connectivity index (χ3n) is 5.61. The van der Waals surface area contributed by atoms with Gasteiger partial charge in [-0.15, -0.1) is 11.3 Å². The lowest BCUT2D eigenvalue weighted by Crippen LogP contribution is -2.32. The molecule has 4 aromatic heterocycles. The third kappa shape index (κ3) is 4.26. The number of aromatic nitrogens is 4. The highest BCUT2D eigenvalue weighted by Gasteiger charge is 2.23. The van der Waals surface area contributed by atoms with Gasteiger partial charge in [0.05, 0.1) is 10.7 Å². The lowest BCUT2D eigenvalue weighted by Gasteiger charge is -2.31. The van der Waals surface area contributed by atoms with E-state index in [0.717, 1.165) is 59.7 Å². The van der Waals surface area contributed by atoms with E-state index < -0.39 is 0 Å². The third-order valence-corrected chi connectivity index (χ3v) is 7.03. The number of halogens is 1. The molecule has 0 saturated carbocycles. The normalized spacial score (nSPS) is 15.6. The van der Waals surface area contributed by atoms with E-state index >= 15 is 0 Å². The first-order valence-corrected chi connectivity index (χ1v) is 11.9. The number of fused-ring (bicyclic) bond motifs is 1. The Morgan fingerprint density at radius 2 is 2.07 bits per heavy atom. The molecule has 1 aliphatic rings. The molecule has 1 N–H and O–H groups in total. The van der Waals surface area contributed by atoms with Crippen molar-refractivity contribution >= 4 is 38.7 Å². The molecule has 0 amide bonds. The second-order valence-corrected chi connectivity index (χ2v) is 9.53. The molecule has 154 valence electrons.